The molecule has 3 aromatic carbocycles. The van der Waals surface area contributed by atoms with Crippen LogP contribution in [0.2, 0.25) is 0 Å². The Morgan fingerprint density at radius 1 is 0.324 bits per heavy atom. The summed E-state index contributed by atoms with van der Waals surface area (Å²) in [7, 11) is 0. The summed E-state index contributed by atoms with van der Waals surface area (Å²) < 4.78 is 0. The quantitative estimate of drug-likeness (QED) is 0.229. The molecule has 0 fully saturated rings. The van der Waals surface area contributed by atoms with Crippen LogP contribution in [0.25, 0.3) is 0 Å². The van der Waals surface area contributed by atoms with Gasteiger partial charge in [0.05, 0.1) is 33.4 Å². The number of rotatable bonds is 6. The summed E-state index contributed by atoms with van der Waals surface area (Å²) in [4.78, 5) is 62.8. The van der Waals surface area contributed by atoms with E-state index in [2.05, 4.69) is 0 Å². The van der Waals surface area contributed by atoms with Crippen molar-refractivity contribution in [3.63, 3.8) is 0 Å². The van der Waals surface area contributed by atoms with E-state index in [9.17, 15) is 28.8 Å². The fraction of sp³-hybridized carbons (Fsp3) is 0. The van der Waals surface area contributed by atoms with E-state index in [0.717, 1.165) is 0 Å². The number of hydrogen-bond acceptors (Lipinski definition) is 6. The fourth-order valence-electron chi connectivity index (χ4n) is 2.57. The van der Waals surface area contributed by atoms with Crippen molar-refractivity contribution >= 4 is 35.8 Å². The molecule has 13 heteroatoms. The van der Waals surface area contributed by atoms with Crippen LogP contribution in [0.3, 0.4) is 0 Å². The van der Waals surface area contributed by atoms with Crippen molar-refractivity contribution in [2.75, 3.05) is 0 Å². The minimum atomic E-state index is -1.23. The van der Waals surface area contributed by atoms with E-state index >= 15 is 0 Å². The maximum atomic E-state index is 10.5. The van der Waals surface area contributed by atoms with E-state index in [1.807, 2.05) is 0 Å². The van der Waals surface area contributed by atoms with Gasteiger partial charge < -0.3 is 30.6 Å². The topological polar surface area (TPSA) is 224 Å². The number of aromatic carboxylic acids is 6. The molecule has 0 saturated carbocycles. The minimum absolute atomic E-state index is 0. The van der Waals surface area contributed by atoms with Crippen LogP contribution in [-0.2, 0) is 0 Å². The monoisotopic (exact) mass is 638 g/mol. The van der Waals surface area contributed by atoms with Gasteiger partial charge in [-0.15, -0.1) is 0 Å². The SMILES string of the molecule is O=C(O)c1ccccc1C(=O)O.O=C(O)c1ccccc1C(=O)O.O=C(O)c1ccccc1C(=O)O.[Ce]. The molecular weight excluding hydrogens is 620 g/mol. The van der Waals surface area contributed by atoms with Crippen molar-refractivity contribution in [1.29, 1.82) is 0 Å². The molecule has 0 aromatic heterocycles. The van der Waals surface area contributed by atoms with Crippen LogP contribution >= 0.6 is 0 Å². The molecule has 12 nitrogen and oxygen atoms in total. The minimum Gasteiger partial charge on any atom is -0.478 e. The van der Waals surface area contributed by atoms with Crippen molar-refractivity contribution in [2.24, 2.45) is 0 Å². The van der Waals surface area contributed by atoms with Crippen molar-refractivity contribution in [2.45, 2.75) is 0 Å². The van der Waals surface area contributed by atoms with Gasteiger partial charge in [-0.25, -0.2) is 28.8 Å². The average Bonchev–Trinajstić information content (AvgIpc) is 2.84. The van der Waals surface area contributed by atoms with E-state index in [-0.39, 0.29) is 75.1 Å². The van der Waals surface area contributed by atoms with Gasteiger partial charge in [0.2, 0.25) is 0 Å². The van der Waals surface area contributed by atoms with Gasteiger partial charge in [0.1, 0.15) is 0 Å². The van der Waals surface area contributed by atoms with Crippen LogP contribution in [0.4, 0.5) is 0 Å². The maximum absolute atomic E-state index is 10.5. The van der Waals surface area contributed by atoms with Crippen LogP contribution in [0, 0.1) is 41.7 Å². The molecule has 3 aromatic rings. The third-order valence-electron chi connectivity index (χ3n) is 4.16. The van der Waals surface area contributed by atoms with Gasteiger partial charge in [-0.2, -0.15) is 0 Å². The van der Waals surface area contributed by atoms with Gasteiger partial charge in [0.25, 0.3) is 0 Å². The van der Waals surface area contributed by atoms with E-state index < -0.39 is 35.8 Å². The second-order valence-corrected chi connectivity index (χ2v) is 6.47. The van der Waals surface area contributed by atoms with E-state index in [4.69, 9.17) is 30.6 Å². The molecule has 0 spiro atoms. The zero-order chi connectivity index (χ0) is 27.4. The van der Waals surface area contributed by atoms with Gasteiger partial charge in [-0.3, -0.25) is 0 Å². The number of hydrogen-bond donors (Lipinski definition) is 6. The third kappa shape index (κ3) is 10.2. The first-order chi connectivity index (χ1) is 16.9. The number of benzene rings is 3. The largest absolute Gasteiger partial charge is 0.478 e. The maximum Gasteiger partial charge on any atom is 0.336 e. The second-order valence-electron chi connectivity index (χ2n) is 6.47. The fourth-order valence-corrected chi connectivity index (χ4v) is 2.57. The Kier molecular flexibility index (Phi) is 14.0. The number of carboxylic acids is 6. The smallest absolute Gasteiger partial charge is 0.336 e. The second kappa shape index (κ2) is 15.8. The molecule has 3 rings (SSSR count). The summed E-state index contributed by atoms with van der Waals surface area (Å²) in [6.07, 6.45) is 0. The van der Waals surface area contributed by atoms with Crippen LogP contribution in [-0.4, -0.2) is 66.5 Å². The Balaban J connectivity index is 0.000000518. The molecule has 0 atom stereocenters. The standard InChI is InChI=1S/3C8H6O4.Ce/c3*9-7(10)5-3-1-2-4-6(5)8(11)12;/h3*1-4H,(H,9,10)(H,11,12);. The van der Waals surface area contributed by atoms with Crippen LogP contribution in [0.1, 0.15) is 62.1 Å². The normalized spacial score (nSPS) is 9.08. The van der Waals surface area contributed by atoms with Crippen molar-refractivity contribution in [1.82, 2.24) is 0 Å². The van der Waals surface area contributed by atoms with E-state index in [0.29, 0.717) is 0 Å². The summed E-state index contributed by atoms with van der Waals surface area (Å²) >= 11 is 0. The molecule has 0 radical (unpaired) electrons. The molecule has 190 valence electrons. The Labute approximate surface area is 241 Å². The van der Waals surface area contributed by atoms with Gasteiger partial charge >= 0.3 is 35.8 Å². The summed E-state index contributed by atoms with van der Waals surface area (Å²) in [5, 5.41) is 51.3. The van der Waals surface area contributed by atoms with E-state index in [1.54, 1.807) is 0 Å². The molecule has 0 aliphatic rings. The molecule has 0 unspecified atom stereocenters. The van der Waals surface area contributed by atoms with Gasteiger partial charge in [0.15, 0.2) is 0 Å². The van der Waals surface area contributed by atoms with Crippen molar-refractivity contribution < 1.29 is 101 Å². The number of carbonyl (C=O) groups is 6. The number of carboxylic acid groups (broad SMARTS) is 6. The first-order valence-corrected chi connectivity index (χ1v) is 9.55. The zero-order valence-electron chi connectivity index (χ0n) is 18.6. The van der Waals surface area contributed by atoms with Gasteiger partial charge in [-0.1, -0.05) is 36.4 Å². The van der Waals surface area contributed by atoms with Gasteiger partial charge in [0, 0.05) is 41.7 Å². The predicted octanol–water partition coefficient (Wildman–Crippen LogP) is 3.25. The summed E-state index contributed by atoms with van der Waals surface area (Å²) in [6, 6.07) is 16.4. The molecule has 37 heavy (non-hydrogen) atoms. The Bertz CT molecular complexity index is 1060. The molecular formula is C24H18CeO12. The zero-order valence-corrected chi connectivity index (χ0v) is 21.7. The molecule has 0 bridgehead atoms. The summed E-state index contributed by atoms with van der Waals surface area (Å²) in [5.41, 5.74) is -1.14. The van der Waals surface area contributed by atoms with Crippen molar-refractivity contribution in [3.05, 3.63) is 106 Å². The Hall–Kier alpha value is -4.14. The van der Waals surface area contributed by atoms with Crippen molar-refractivity contribution in [3.8, 4) is 0 Å². The molecule has 0 amide bonds. The van der Waals surface area contributed by atoms with Gasteiger partial charge in [-0.05, 0) is 36.4 Å². The van der Waals surface area contributed by atoms with Crippen LogP contribution < -0.4 is 0 Å². The molecule has 0 heterocycles. The Morgan fingerprint density at radius 2 is 0.432 bits per heavy atom. The summed E-state index contributed by atoms with van der Waals surface area (Å²) in [5.74, 6) is -7.37. The summed E-state index contributed by atoms with van der Waals surface area (Å²) in [6.45, 7) is 0. The first kappa shape index (κ1) is 32.9. The molecule has 0 aliphatic heterocycles. The molecule has 0 saturated heterocycles. The van der Waals surface area contributed by atoms with Crippen LogP contribution in [0.15, 0.2) is 72.8 Å². The molecule has 0 aliphatic carbocycles. The predicted molar refractivity (Wildman–Crippen MR) is 121 cm³/mol. The first-order valence-electron chi connectivity index (χ1n) is 9.55. The Morgan fingerprint density at radius 3 is 0.514 bits per heavy atom. The third-order valence-corrected chi connectivity index (χ3v) is 4.16. The van der Waals surface area contributed by atoms with Crippen LogP contribution in [0.5, 0.6) is 0 Å². The average molecular weight is 639 g/mol. The van der Waals surface area contributed by atoms with E-state index in [1.165, 1.54) is 72.8 Å². The molecule has 6 N–H and O–H groups in total.